The number of primary amides is 1. The molecular weight excluding hydrogens is 441 g/mol. The number of ether oxygens (including phenoxy) is 1. The van der Waals surface area contributed by atoms with Crippen LogP contribution in [0.5, 0.6) is 11.5 Å². The summed E-state index contributed by atoms with van der Waals surface area (Å²) in [7, 11) is 0. The highest BCUT2D eigenvalue weighted by molar-refractivity contribution is 5.99. The standard InChI is InChI=1S/C23H22FN7O3/c1-3-30-20(21(25)32)19(12(2)28-30)16-10-14(6-8-17(16)24)34-15-7-9-18-26-23(29-31(18)11-15)27-22(33)13-4-5-13/h6-11,13H,3-5H2,1-2H3,(H2,25,32)(H,27,29,33). The first-order valence-corrected chi connectivity index (χ1v) is 10.9. The summed E-state index contributed by atoms with van der Waals surface area (Å²) in [5.41, 5.74) is 7.22. The predicted molar refractivity (Wildman–Crippen MR) is 121 cm³/mol. The number of fused-ring (bicyclic) bond motifs is 1. The molecule has 1 aliphatic carbocycles. The van der Waals surface area contributed by atoms with Crippen LogP contribution in [0.3, 0.4) is 0 Å². The predicted octanol–water partition coefficient (Wildman–Crippen LogP) is 3.30. The molecule has 3 N–H and O–H groups in total. The van der Waals surface area contributed by atoms with Crippen molar-refractivity contribution in [2.24, 2.45) is 11.7 Å². The van der Waals surface area contributed by atoms with Crippen LogP contribution in [0.25, 0.3) is 16.8 Å². The number of rotatable bonds is 7. The summed E-state index contributed by atoms with van der Waals surface area (Å²) >= 11 is 0. The third-order valence-electron chi connectivity index (χ3n) is 5.59. The molecule has 4 aromatic rings. The van der Waals surface area contributed by atoms with Crippen molar-refractivity contribution < 1.29 is 18.7 Å². The first kappa shape index (κ1) is 21.6. The molecule has 1 aromatic carbocycles. The Morgan fingerprint density at radius 3 is 2.68 bits per heavy atom. The fourth-order valence-electron chi connectivity index (χ4n) is 3.81. The number of halogens is 1. The molecule has 0 spiro atoms. The third kappa shape index (κ3) is 3.96. The molecule has 1 fully saturated rings. The number of pyridine rings is 1. The van der Waals surface area contributed by atoms with E-state index < -0.39 is 11.7 Å². The summed E-state index contributed by atoms with van der Waals surface area (Å²) in [6.45, 7) is 3.93. The molecule has 1 aliphatic rings. The molecule has 0 aliphatic heterocycles. The number of amides is 2. The largest absolute Gasteiger partial charge is 0.456 e. The van der Waals surface area contributed by atoms with Crippen LogP contribution < -0.4 is 15.8 Å². The van der Waals surface area contributed by atoms with Gasteiger partial charge in [-0.2, -0.15) is 10.1 Å². The maximum atomic E-state index is 14.8. The van der Waals surface area contributed by atoms with E-state index in [0.29, 0.717) is 34.9 Å². The van der Waals surface area contributed by atoms with Crippen molar-refractivity contribution >= 4 is 23.4 Å². The molecule has 0 radical (unpaired) electrons. The molecule has 11 heteroatoms. The van der Waals surface area contributed by atoms with Gasteiger partial charge >= 0.3 is 0 Å². The fraction of sp³-hybridized carbons (Fsp3) is 0.261. The van der Waals surface area contributed by atoms with Crippen LogP contribution in [0.2, 0.25) is 0 Å². The Labute approximate surface area is 193 Å². The van der Waals surface area contributed by atoms with E-state index in [2.05, 4.69) is 20.5 Å². The second-order valence-corrected chi connectivity index (χ2v) is 8.10. The van der Waals surface area contributed by atoms with Crippen LogP contribution in [0, 0.1) is 18.7 Å². The van der Waals surface area contributed by atoms with Gasteiger partial charge in [0.15, 0.2) is 5.65 Å². The SMILES string of the molecule is CCn1nc(C)c(-c2cc(Oc3ccc4nc(NC(=O)C5CC5)nn4c3)ccc2F)c1C(N)=O. The van der Waals surface area contributed by atoms with E-state index in [0.717, 1.165) is 12.8 Å². The highest BCUT2D eigenvalue weighted by atomic mass is 19.1. The second kappa shape index (κ2) is 8.25. The van der Waals surface area contributed by atoms with E-state index in [4.69, 9.17) is 10.5 Å². The number of anilines is 1. The Kier molecular flexibility index (Phi) is 5.23. The van der Waals surface area contributed by atoms with E-state index in [1.54, 1.807) is 25.3 Å². The minimum atomic E-state index is -0.690. The van der Waals surface area contributed by atoms with Gasteiger partial charge in [-0.1, -0.05) is 0 Å². The van der Waals surface area contributed by atoms with E-state index >= 15 is 0 Å². The van der Waals surface area contributed by atoms with Gasteiger partial charge in [-0.15, -0.1) is 5.10 Å². The zero-order chi connectivity index (χ0) is 24.0. The lowest BCUT2D eigenvalue weighted by atomic mass is 10.0. The van der Waals surface area contributed by atoms with Crippen LogP contribution >= 0.6 is 0 Å². The minimum absolute atomic E-state index is 0.0429. The molecule has 174 valence electrons. The van der Waals surface area contributed by atoms with E-state index in [1.807, 2.05) is 6.92 Å². The van der Waals surface area contributed by atoms with Gasteiger partial charge in [-0.3, -0.25) is 19.6 Å². The van der Waals surface area contributed by atoms with Crippen molar-refractivity contribution in [1.29, 1.82) is 0 Å². The molecule has 0 saturated heterocycles. The molecule has 0 unspecified atom stereocenters. The van der Waals surface area contributed by atoms with E-state index in [9.17, 15) is 14.0 Å². The first-order valence-electron chi connectivity index (χ1n) is 10.9. The van der Waals surface area contributed by atoms with Gasteiger partial charge in [0, 0.05) is 23.6 Å². The second-order valence-electron chi connectivity index (χ2n) is 8.10. The topological polar surface area (TPSA) is 129 Å². The smallest absolute Gasteiger partial charge is 0.267 e. The Hall–Kier alpha value is -4.28. The van der Waals surface area contributed by atoms with Crippen molar-refractivity contribution in [3.63, 3.8) is 0 Å². The summed E-state index contributed by atoms with van der Waals surface area (Å²) in [5.74, 6) is -0.269. The minimum Gasteiger partial charge on any atom is -0.456 e. The number of hydrogen-bond acceptors (Lipinski definition) is 6. The quantitative estimate of drug-likeness (QED) is 0.433. The third-order valence-corrected chi connectivity index (χ3v) is 5.59. The number of nitrogens with two attached hydrogens (primary N) is 1. The van der Waals surface area contributed by atoms with Crippen LogP contribution in [-0.4, -0.2) is 36.2 Å². The normalized spacial score (nSPS) is 13.3. The Bertz CT molecular complexity index is 1440. The van der Waals surface area contributed by atoms with Gasteiger partial charge in [-0.25, -0.2) is 8.91 Å². The monoisotopic (exact) mass is 463 g/mol. The van der Waals surface area contributed by atoms with Gasteiger partial charge < -0.3 is 10.5 Å². The average molecular weight is 463 g/mol. The molecule has 0 bridgehead atoms. The summed E-state index contributed by atoms with van der Waals surface area (Å²) in [6, 6.07) is 7.63. The van der Waals surface area contributed by atoms with Gasteiger partial charge in [0.2, 0.25) is 11.9 Å². The number of aromatic nitrogens is 5. The summed E-state index contributed by atoms with van der Waals surface area (Å²) in [4.78, 5) is 28.3. The first-order chi connectivity index (χ1) is 16.3. The van der Waals surface area contributed by atoms with Crippen LogP contribution in [0.1, 0.15) is 35.9 Å². The molecule has 10 nitrogen and oxygen atoms in total. The zero-order valence-electron chi connectivity index (χ0n) is 18.6. The van der Waals surface area contributed by atoms with E-state index in [-0.39, 0.29) is 29.0 Å². The molecule has 2 amide bonds. The van der Waals surface area contributed by atoms with Crippen molar-refractivity contribution in [3.8, 4) is 22.6 Å². The highest BCUT2D eigenvalue weighted by Gasteiger charge is 2.30. The van der Waals surface area contributed by atoms with Crippen LogP contribution in [0.15, 0.2) is 36.5 Å². The molecular formula is C23H22FN7O3. The number of nitrogens with zero attached hydrogens (tertiary/aromatic N) is 5. The molecule has 34 heavy (non-hydrogen) atoms. The van der Waals surface area contributed by atoms with Gasteiger partial charge in [0.25, 0.3) is 5.91 Å². The average Bonchev–Trinajstić information content (AvgIpc) is 3.50. The molecule has 0 atom stereocenters. The van der Waals surface area contributed by atoms with Crippen molar-refractivity contribution in [1.82, 2.24) is 24.4 Å². The maximum Gasteiger partial charge on any atom is 0.267 e. The van der Waals surface area contributed by atoms with E-state index in [1.165, 1.54) is 27.4 Å². The maximum absolute atomic E-state index is 14.8. The molecule has 1 saturated carbocycles. The molecule has 3 aromatic heterocycles. The lowest BCUT2D eigenvalue weighted by Crippen LogP contribution is -2.18. The Morgan fingerprint density at radius 1 is 1.21 bits per heavy atom. The zero-order valence-corrected chi connectivity index (χ0v) is 18.6. The molecule has 3 heterocycles. The van der Waals surface area contributed by atoms with Gasteiger partial charge in [0.1, 0.15) is 23.0 Å². The Balaban J connectivity index is 1.45. The summed E-state index contributed by atoms with van der Waals surface area (Å²) in [5, 5.41) is 11.3. The van der Waals surface area contributed by atoms with Crippen molar-refractivity contribution in [3.05, 3.63) is 53.7 Å². The number of hydrogen-bond donors (Lipinski definition) is 2. The summed E-state index contributed by atoms with van der Waals surface area (Å²) in [6.07, 6.45) is 3.38. The van der Waals surface area contributed by atoms with Crippen LogP contribution in [-0.2, 0) is 11.3 Å². The lowest BCUT2D eigenvalue weighted by molar-refractivity contribution is -0.117. The van der Waals surface area contributed by atoms with Gasteiger partial charge in [0.05, 0.1) is 11.9 Å². The highest BCUT2D eigenvalue weighted by Crippen LogP contribution is 2.34. The van der Waals surface area contributed by atoms with Crippen molar-refractivity contribution in [2.45, 2.75) is 33.2 Å². The Morgan fingerprint density at radius 2 is 1.97 bits per heavy atom. The fourth-order valence-corrected chi connectivity index (χ4v) is 3.81. The number of carbonyl (C=O) groups excluding carboxylic acids is 2. The van der Waals surface area contributed by atoms with Crippen LogP contribution in [0.4, 0.5) is 10.3 Å². The lowest BCUT2D eigenvalue weighted by Gasteiger charge is -2.10. The number of aryl methyl sites for hydroxylation is 2. The number of nitrogens with one attached hydrogen (secondary N) is 1. The molecule has 5 rings (SSSR count). The number of benzene rings is 1. The van der Waals surface area contributed by atoms with Crippen molar-refractivity contribution in [2.75, 3.05) is 5.32 Å². The van der Waals surface area contributed by atoms with Gasteiger partial charge in [-0.05, 0) is 57.0 Å². The summed E-state index contributed by atoms with van der Waals surface area (Å²) < 4.78 is 23.7. The number of carbonyl (C=O) groups is 2.